The van der Waals surface area contributed by atoms with Crippen LogP contribution in [-0.2, 0) is 0 Å². The van der Waals surface area contributed by atoms with Gasteiger partial charge in [0.15, 0.2) is 5.78 Å². The van der Waals surface area contributed by atoms with Crippen molar-refractivity contribution in [3.8, 4) is 5.75 Å². The van der Waals surface area contributed by atoms with E-state index in [0.29, 0.717) is 17.5 Å². The summed E-state index contributed by atoms with van der Waals surface area (Å²) in [6.45, 7) is 2.17. The summed E-state index contributed by atoms with van der Waals surface area (Å²) in [5.74, 6) is -0.356. The van der Waals surface area contributed by atoms with Crippen LogP contribution in [0.15, 0.2) is 18.2 Å². The number of aliphatic hydroxyl groups is 1. The summed E-state index contributed by atoms with van der Waals surface area (Å²) >= 11 is 0. The van der Waals surface area contributed by atoms with Crippen LogP contribution < -0.4 is 0 Å². The van der Waals surface area contributed by atoms with Crippen LogP contribution in [0.4, 0.5) is 0 Å². The van der Waals surface area contributed by atoms with Crippen molar-refractivity contribution in [2.75, 3.05) is 0 Å². The topological polar surface area (TPSA) is 57.5 Å². The van der Waals surface area contributed by atoms with E-state index in [4.69, 9.17) is 0 Å². The third kappa shape index (κ3) is 2.81. The molecule has 3 nitrogen and oxygen atoms in total. The molecule has 0 saturated heterocycles. The number of phenolic OH excluding ortho intramolecular Hbond substituents is 1. The van der Waals surface area contributed by atoms with Gasteiger partial charge < -0.3 is 10.2 Å². The predicted molar refractivity (Wildman–Crippen MR) is 74.3 cm³/mol. The van der Waals surface area contributed by atoms with Gasteiger partial charge in [-0.3, -0.25) is 4.79 Å². The van der Waals surface area contributed by atoms with Crippen LogP contribution >= 0.6 is 0 Å². The van der Waals surface area contributed by atoms with E-state index in [1.165, 1.54) is 25.3 Å². The van der Waals surface area contributed by atoms with Crippen LogP contribution in [0.5, 0.6) is 5.75 Å². The van der Waals surface area contributed by atoms with Gasteiger partial charge in [0.1, 0.15) is 5.75 Å². The first-order valence-electron chi connectivity index (χ1n) is 7.21. The largest absolute Gasteiger partial charge is 0.508 e. The Hall–Kier alpha value is -1.35. The molecule has 2 atom stereocenters. The molecule has 2 N–H and O–H groups in total. The molecule has 0 unspecified atom stereocenters. The van der Waals surface area contributed by atoms with Crippen LogP contribution in [0, 0.1) is 5.92 Å². The van der Waals surface area contributed by atoms with Crippen LogP contribution in [-0.4, -0.2) is 16.0 Å². The maximum absolute atomic E-state index is 12.2. The molecular formula is C16H22O3. The average molecular weight is 262 g/mol. The third-order valence-corrected chi connectivity index (χ3v) is 3.98. The van der Waals surface area contributed by atoms with Gasteiger partial charge in [-0.2, -0.15) is 0 Å². The van der Waals surface area contributed by atoms with Gasteiger partial charge in [0.2, 0.25) is 0 Å². The first-order chi connectivity index (χ1) is 9.16. The molecular weight excluding hydrogens is 240 g/mol. The van der Waals surface area contributed by atoms with Crippen LogP contribution in [0.1, 0.15) is 67.5 Å². The standard InChI is InChI=1S/C16H22O3/c1-2-3-4-5-6-8-12-15(18)11-9-7-10-13(17)14(11)16(12)19/h7,9-10,12,16-17,19H,2-6,8H2,1H3/t12-,16+/m0/s1. The van der Waals surface area contributed by atoms with Gasteiger partial charge in [-0.1, -0.05) is 51.2 Å². The molecule has 0 amide bonds. The number of carbonyl (C=O) groups excluding carboxylic acids is 1. The zero-order valence-electron chi connectivity index (χ0n) is 11.4. The lowest BCUT2D eigenvalue weighted by atomic mass is 9.95. The van der Waals surface area contributed by atoms with Crippen LogP contribution in [0.25, 0.3) is 0 Å². The molecule has 19 heavy (non-hydrogen) atoms. The van der Waals surface area contributed by atoms with Gasteiger partial charge in [0, 0.05) is 11.1 Å². The minimum atomic E-state index is -0.838. The Morgan fingerprint density at radius 3 is 2.58 bits per heavy atom. The Balaban J connectivity index is 1.98. The second-order valence-electron chi connectivity index (χ2n) is 5.36. The second-order valence-corrected chi connectivity index (χ2v) is 5.36. The number of carbonyl (C=O) groups is 1. The van der Waals surface area contributed by atoms with E-state index in [1.807, 2.05) is 0 Å². The molecule has 0 saturated carbocycles. The molecule has 1 aromatic rings. The minimum Gasteiger partial charge on any atom is -0.508 e. The van der Waals surface area contributed by atoms with Gasteiger partial charge >= 0.3 is 0 Å². The van der Waals surface area contributed by atoms with Crippen molar-refractivity contribution in [1.29, 1.82) is 0 Å². The number of ketones is 1. The highest BCUT2D eigenvalue weighted by atomic mass is 16.3. The van der Waals surface area contributed by atoms with E-state index in [1.54, 1.807) is 12.1 Å². The van der Waals surface area contributed by atoms with E-state index in [2.05, 4.69) is 6.92 Å². The summed E-state index contributed by atoms with van der Waals surface area (Å²) in [4.78, 5) is 12.2. The summed E-state index contributed by atoms with van der Waals surface area (Å²) < 4.78 is 0. The monoisotopic (exact) mass is 262 g/mol. The van der Waals surface area contributed by atoms with E-state index in [9.17, 15) is 15.0 Å². The molecule has 0 aliphatic heterocycles. The molecule has 1 aliphatic rings. The number of aliphatic hydroxyl groups excluding tert-OH is 1. The Labute approximate surface area is 114 Å². The van der Waals surface area contributed by atoms with Crippen LogP contribution in [0.2, 0.25) is 0 Å². The highest BCUT2D eigenvalue weighted by Crippen LogP contribution is 2.42. The average Bonchev–Trinajstić information content (AvgIpc) is 2.64. The summed E-state index contributed by atoms with van der Waals surface area (Å²) in [5.41, 5.74) is 0.914. The Bertz CT molecular complexity index is 453. The maximum atomic E-state index is 12.2. The number of fused-ring (bicyclic) bond motifs is 1. The lowest BCUT2D eigenvalue weighted by molar-refractivity contribution is 0.0729. The normalized spacial score (nSPS) is 21.7. The fraction of sp³-hybridized carbons (Fsp3) is 0.562. The van der Waals surface area contributed by atoms with Crippen molar-refractivity contribution in [2.45, 2.75) is 51.6 Å². The lowest BCUT2D eigenvalue weighted by Crippen LogP contribution is -2.13. The SMILES string of the molecule is CCCCCCC[C@H]1C(=O)c2cccc(O)c2[C@@H]1O. The zero-order chi connectivity index (χ0) is 13.8. The number of rotatable bonds is 6. The first kappa shape index (κ1) is 14.1. The summed E-state index contributed by atoms with van der Waals surface area (Å²) in [5, 5.41) is 20.0. The Morgan fingerprint density at radius 2 is 1.89 bits per heavy atom. The maximum Gasteiger partial charge on any atom is 0.169 e. The summed E-state index contributed by atoms with van der Waals surface area (Å²) in [6.07, 6.45) is 5.54. The number of phenols is 1. The lowest BCUT2D eigenvalue weighted by Gasteiger charge is -2.13. The predicted octanol–water partition coefficient (Wildman–Crippen LogP) is 3.60. The van der Waals surface area contributed by atoms with Gasteiger partial charge in [-0.25, -0.2) is 0 Å². The van der Waals surface area contributed by atoms with Crippen LogP contribution in [0.3, 0.4) is 0 Å². The number of aromatic hydroxyl groups is 1. The smallest absolute Gasteiger partial charge is 0.169 e. The van der Waals surface area contributed by atoms with Crippen molar-refractivity contribution < 1.29 is 15.0 Å². The highest BCUT2D eigenvalue weighted by molar-refractivity contribution is 6.03. The molecule has 0 aromatic heterocycles. The van der Waals surface area contributed by atoms with E-state index in [0.717, 1.165) is 12.8 Å². The molecule has 0 bridgehead atoms. The Kier molecular flexibility index (Phi) is 4.59. The summed E-state index contributed by atoms with van der Waals surface area (Å²) in [7, 11) is 0. The summed E-state index contributed by atoms with van der Waals surface area (Å²) in [6, 6.07) is 4.87. The first-order valence-corrected chi connectivity index (χ1v) is 7.21. The van der Waals surface area contributed by atoms with Gasteiger partial charge in [0.25, 0.3) is 0 Å². The minimum absolute atomic E-state index is 0.0195. The van der Waals surface area contributed by atoms with Gasteiger partial charge in [0.05, 0.1) is 12.0 Å². The number of hydrogen-bond acceptors (Lipinski definition) is 3. The highest BCUT2D eigenvalue weighted by Gasteiger charge is 2.39. The van der Waals surface area contributed by atoms with Crippen molar-refractivity contribution >= 4 is 5.78 Å². The molecule has 104 valence electrons. The fourth-order valence-corrected chi connectivity index (χ4v) is 2.88. The molecule has 0 radical (unpaired) electrons. The van der Waals surface area contributed by atoms with Crippen molar-refractivity contribution in [3.05, 3.63) is 29.3 Å². The molecule has 0 fully saturated rings. The van der Waals surface area contributed by atoms with Crippen molar-refractivity contribution in [1.82, 2.24) is 0 Å². The molecule has 0 spiro atoms. The fourth-order valence-electron chi connectivity index (χ4n) is 2.88. The Morgan fingerprint density at radius 1 is 1.16 bits per heavy atom. The quantitative estimate of drug-likeness (QED) is 0.770. The molecule has 1 aliphatic carbocycles. The van der Waals surface area contributed by atoms with Crippen molar-refractivity contribution in [2.24, 2.45) is 5.92 Å². The van der Waals surface area contributed by atoms with Gasteiger partial charge in [-0.15, -0.1) is 0 Å². The second kappa shape index (κ2) is 6.20. The van der Waals surface area contributed by atoms with E-state index in [-0.39, 0.29) is 17.5 Å². The van der Waals surface area contributed by atoms with E-state index >= 15 is 0 Å². The number of Topliss-reactive ketones (excluding diaryl/α,β-unsaturated/α-hetero) is 1. The molecule has 3 heteroatoms. The zero-order valence-corrected chi connectivity index (χ0v) is 11.4. The number of benzene rings is 1. The molecule has 0 heterocycles. The number of hydrogen-bond donors (Lipinski definition) is 2. The third-order valence-electron chi connectivity index (χ3n) is 3.98. The van der Waals surface area contributed by atoms with Crippen molar-refractivity contribution in [3.63, 3.8) is 0 Å². The van der Waals surface area contributed by atoms with E-state index < -0.39 is 6.10 Å². The van der Waals surface area contributed by atoms with Gasteiger partial charge in [-0.05, 0) is 12.5 Å². The number of unbranched alkanes of at least 4 members (excludes halogenated alkanes) is 4. The molecule has 2 rings (SSSR count). The molecule has 1 aromatic carbocycles.